The lowest BCUT2D eigenvalue weighted by atomic mass is 10.1. The van der Waals surface area contributed by atoms with Crippen LogP contribution in [-0.4, -0.2) is 33.5 Å². The summed E-state index contributed by atoms with van der Waals surface area (Å²) in [4.78, 5) is 9.77. The molecular weight excluding hydrogens is 124 g/mol. The highest BCUT2D eigenvalue weighted by molar-refractivity contribution is 5.60. The maximum absolute atomic E-state index is 9.77. The van der Waals surface area contributed by atoms with Crippen LogP contribution in [0.4, 0.5) is 0 Å². The van der Waals surface area contributed by atoms with Crippen molar-refractivity contribution in [2.75, 3.05) is 0 Å². The van der Waals surface area contributed by atoms with E-state index in [1.54, 1.807) is 0 Å². The van der Waals surface area contributed by atoms with E-state index in [-0.39, 0.29) is 12.7 Å². The van der Waals surface area contributed by atoms with Crippen LogP contribution in [0.25, 0.3) is 0 Å². The number of carbonyl (C=O) groups excluding carboxylic acids is 1. The molecule has 3 N–H and O–H groups in total. The zero-order chi connectivity index (χ0) is 7.49. The van der Waals surface area contributed by atoms with Crippen LogP contribution in [0.15, 0.2) is 0 Å². The number of hydrogen-bond donors (Lipinski definition) is 3. The van der Waals surface area contributed by atoms with Gasteiger partial charge in [-0.05, 0) is 6.42 Å². The van der Waals surface area contributed by atoms with Crippen molar-refractivity contribution >= 4 is 6.29 Å². The second-order valence-corrected chi connectivity index (χ2v) is 1.82. The van der Waals surface area contributed by atoms with Gasteiger partial charge in [-0.15, -0.1) is 0 Å². The molecule has 0 aliphatic rings. The van der Waals surface area contributed by atoms with Gasteiger partial charge < -0.3 is 15.3 Å². The summed E-state index contributed by atoms with van der Waals surface area (Å²) in [6.45, 7) is 1.54. The van der Waals surface area contributed by atoms with Crippen molar-refractivity contribution in [2.24, 2.45) is 0 Å². The summed E-state index contributed by atoms with van der Waals surface area (Å²) in [5.74, 6) is -2.57. The highest BCUT2D eigenvalue weighted by Crippen LogP contribution is 2.05. The van der Waals surface area contributed by atoms with Gasteiger partial charge >= 0.3 is 0 Å². The molecule has 0 saturated heterocycles. The molecule has 54 valence electrons. The smallest absolute Gasteiger partial charge is 0.247 e. The fourth-order valence-corrected chi connectivity index (χ4v) is 0.379. The minimum Gasteiger partial charge on any atom is -0.387 e. The number of aldehydes is 1. The van der Waals surface area contributed by atoms with Gasteiger partial charge in [-0.25, -0.2) is 0 Å². The lowest BCUT2D eigenvalue weighted by Crippen LogP contribution is -2.43. The van der Waals surface area contributed by atoms with E-state index >= 15 is 0 Å². The molecule has 1 unspecified atom stereocenters. The molecule has 0 saturated carbocycles. The molecule has 0 aliphatic carbocycles. The Morgan fingerprint density at radius 1 is 1.67 bits per heavy atom. The summed E-state index contributed by atoms with van der Waals surface area (Å²) >= 11 is 0. The third-order valence-corrected chi connectivity index (χ3v) is 1.05. The average molecular weight is 134 g/mol. The van der Waals surface area contributed by atoms with Gasteiger partial charge in [-0.1, -0.05) is 6.92 Å². The minimum atomic E-state index is -2.57. The number of carbonyl (C=O) groups is 1. The lowest BCUT2D eigenvalue weighted by Gasteiger charge is -2.19. The van der Waals surface area contributed by atoms with Gasteiger partial charge in [-0.2, -0.15) is 0 Å². The fraction of sp³-hybridized carbons (Fsp3) is 0.800. The second-order valence-electron chi connectivity index (χ2n) is 1.82. The number of aliphatic hydroxyl groups excluding tert-OH is 1. The molecule has 0 heterocycles. The first-order valence-corrected chi connectivity index (χ1v) is 2.63. The summed E-state index contributed by atoms with van der Waals surface area (Å²) in [6, 6.07) is 0. The highest BCUT2D eigenvalue weighted by Gasteiger charge is 2.30. The number of hydrogen-bond acceptors (Lipinski definition) is 4. The summed E-state index contributed by atoms with van der Waals surface area (Å²) in [6.07, 6.45) is -1.36. The van der Waals surface area contributed by atoms with Crippen molar-refractivity contribution < 1.29 is 20.1 Å². The van der Waals surface area contributed by atoms with E-state index < -0.39 is 11.9 Å². The van der Waals surface area contributed by atoms with E-state index in [4.69, 9.17) is 15.3 Å². The second kappa shape index (κ2) is 2.91. The topological polar surface area (TPSA) is 77.8 Å². The molecule has 1 atom stereocenters. The van der Waals surface area contributed by atoms with Crippen molar-refractivity contribution in [3.63, 3.8) is 0 Å². The molecule has 0 aromatic heterocycles. The van der Waals surface area contributed by atoms with Crippen molar-refractivity contribution in [3.05, 3.63) is 0 Å². The Hall–Kier alpha value is -0.450. The minimum absolute atomic E-state index is 0.0961. The van der Waals surface area contributed by atoms with Gasteiger partial charge in [0.05, 0.1) is 0 Å². The molecule has 0 bridgehead atoms. The molecule has 4 nitrogen and oxygen atoms in total. The van der Waals surface area contributed by atoms with Crippen LogP contribution in [0.3, 0.4) is 0 Å². The molecule has 0 spiro atoms. The molecule has 0 aliphatic heterocycles. The first kappa shape index (κ1) is 8.55. The van der Waals surface area contributed by atoms with Crippen molar-refractivity contribution in [3.8, 4) is 0 Å². The lowest BCUT2D eigenvalue weighted by molar-refractivity contribution is -0.208. The maximum Gasteiger partial charge on any atom is 0.247 e. The Balaban J connectivity index is 3.95. The molecular formula is C5H10O4. The fourth-order valence-electron chi connectivity index (χ4n) is 0.379. The third-order valence-electron chi connectivity index (χ3n) is 1.05. The third kappa shape index (κ3) is 2.09. The van der Waals surface area contributed by atoms with Crippen LogP contribution in [0.5, 0.6) is 0 Å². The zero-order valence-electron chi connectivity index (χ0n) is 5.11. The molecule has 0 fully saturated rings. The number of aliphatic hydroxyl groups is 3. The first-order chi connectivity index (χ1) is 4.04. The van der Waals surface area contributed by atoms with E-state index in [2.05, 4.69) is 0 Å². The number of rotatable bonds is 3. The monoisotopic (exact) mass is 134 g/mol. The van der Waals surface area contributed by atoms with Gasteiger partial charge in [0.25, 0.3) is 0 Å². The summed E-state index contributed by atoms with van der Waals surface area (Å²) in [5.41, 5.74) is 0. The van der Waals surface area contributed by atoms with E-state index in [0.29, 0.717) is 0 Å². The van der Waals surface area contributed by atoms with Crippen molar-refractivity contribution in [1.29, 1.82) is 0 Å². The summed E-state index contributed by atoms with van der Waals surface area (Å²) in [5, 5.41) is 25.7. The van der Waals surface area contributed by atoms with Crippen LogP contribution in [0.1, 0.15) is 13.3 Å². The highest BCUT2D eigenvalue weighted by atomic mass is 16.5. The molecule has 0 amide bonds. The van der Waals surface area contributed by atoms with Crippen molar-refractivity contribution in [2.45, 2.75) is 25.2 Å². The van der Waals surface area contributed by atoms with Gasteiger partial charge in [0.2, 0.25) is 5.79 Å². The Kier molecular flexibility index (Phi) is 2.76. The predicted molar refractivity (Wildman–Crippen MR) is 29.5 cm³/mol. The Labute approximate surface area is 52.7 Å². The van der Waals surface area contributed by atoms with Gasteiger partial charge in [0.1, 0.15) is 6.10 Å². The molecule has 0 rings (SSSR count). The Morgan fingerprint density at radius 2 is 2.11 bits per heavy atom. The van der Waals surface area contributed by atoms with E-state index in [0.717, 1.165) is 0 Å². The summed E-state index contributed by atoms with van der Waals surface area (Å²) < 4.78 is 0. The largest absolute Gasteiger partial charge is 0.387 e. The van der Waals surface area contributed by atoms with E-state index in [1.165, 1.54) is 6.92 Å². The molecule has 0 radical (unpaired) electrons. The quantitative estimate of drug-likeness (QED) is 0.329. The zero-order valence-corrected chi connectivity index (χ0v) is 5.11. The van der Waals surface area contributed by atoms with Crippen LogP contribution in [-0.2, 0) is 4.79 Å². The normalized spacial score (nSPS) is 15.1. The summed E-state index contributed by atoms with van der Waals surface area (Å²) in [7, 11) is 0. The SMILES string of the molecule is CCC(O)C(O)(O)C=O. The van der Waals surface area contributed by atoms with E-state index in [1.807, 2.05) is 0 Å². The molecule has 4 heteroatoms. The van der Waals surface area contributed by atoms with Crippen molar-refractivity contribution in [1.82, 2.24) is 0 Å². The molecule has 0 aromatic rings. The average Bonchev–Trinajstić information content (AvgIpc) is 1.86. The van der Waals surface area contributed by atoms with Crippen LogP contribution in [0, 0.1) is 0 Å². The molecule has 9 heavy (non-hydrogen) atoms. The van der Waals surface area contributed by atoms with Crippen LogP contribution >= 0.6 is 0 Å². The van der Waals surface area contributed by atoms with Crippen LogP contribution < -0.4 is 0 Å². The van der Waals surface area contributed by atoms with Crippen LogP contribution in [0.2, 0.25) is 0 Å². The molecule has 0 aromatic carbocycles. The first-order valence-electron chi connectivity index (χ1n) is 2.63. The van der Waals surface area contributed by atoms with Gasteiger partial charge in [0, 0.05) is 0 Å². The maximum atomic E-state index is 9.77. The predicted octanol–water partition coefficient (Wildman–Crippen LogP) is -1.36. The van der Waals surface area contributed by atoms with Gasteiger partial charge in [-0.3, -0.25) is 4.79 Å². The standard InChI is InChI=1S/C5H10O4/c1-2-4(7)5(8,9)3-6/h3-4,7-9H,2H2,1H3. The Morgan fingerprint density at radius 3 is 2.22 bits per heavy atom. The van der Waals surface area contributed by atoms with Gasteiger partial charge in [0.15, 0.2) is 6.29 Å². The Bertz CT molecular complexity index is 99.1. The van der Waals surface area contributed by atoms with E-state index in [9.17, 15) is 4.79 Å².